The molecule has 0 bridgehead atoms. The maximum atomic E-state index is 12.6. The fourth-order valence-corrected chi connectivity index (χ4v) is 4.10. The maximum absolute atomic E-state index is 12.6. The van der Waals surface area contributed by atoms with Gasteiger partial charge in [-0.15, -0.1) is 0 Å². The van der Waals surface area contributed by atoms with E-state index in [2.05, 4.69) is 48.7 Å². The summed E-state index contributed by atoms with van der Waals surface area (Å²) in [5.74, 6) is -0.617. The zero-order valence-electron chi connectivity index (χ0n) is 15.2. The zero-order valence-corrected chi connectivity index (χ0v) is 15.2. The van der Waals surface area contributed by atoms with E-state index < -0.39 is 6.10 Å². The second-order valence-corrected chi connectivity index (χ2v) is 8.43. The first-order valence-electron chi connectivity index (χ1n) is 8.69. The van der Waals surface area contributed by atoms with Gasteiger partial charge in [-0.2, -0.15) is 5.10 Å². The highest BCUT2D eigenvalue weighted by atomic mass is 16.3. The SMILES string of the molecule is CC1(C)CC(NC(=O)c2cc3n(n2)CC(O)CNC3=O)CC(C)(C)N1. The number of rotatable bonds is 2. The molecule has 0 aliphatic carbocycles. The number of fused-ring (bicyclic) bond motifs is 1. The zero-order chi connectivity index (χ0) is 18.4. The Labute approximate surface area is 147 Å². The van der Waals surface area contributed by atoms with Crippen molar-refractivity contribution in [3.05, 3.63) is 17.5 Å². The smallest absolute Gasteiger partial charge is 0.272 e. The number of aromatic nitrogens is 2. The third-order valence-electron chi connectivity index (χ3n) is 4.65. The molecule has 0 aromatic carbocycles. The highest BCUT2D eigenvalue weighted by molar-refractivity contribution is 5.98. The molecule has 1 aromatic rings. The number of β-amino-alcohol motifs (C(OH)–C–C–N with tert-alkyl or cyclic N) is 1. The van der Waals surface area contributed by atoms with Gasteiger partial charge >= 0.3 is 0 Å². The number of nitrogens with zero attached hydrogens (tertiary/aromatic N) is 2. The summed E-state index contributed by atoms with van der Waals surface area (Å²) in [6, 6.07) is 1.51. The fourth-order valence-electron chi connectivity index (χ4n) is 4.10. The lowest BCUT2D eigenvalue weighted by molar-refractivity contribution is 0.0865. The summed E-state index contributed by atoms with van der Waals surface area (Å²) in [6.07, 6.45) is 0.913. The van der Waals surface area contributed by atoms with Gasteiger partial charge in [0.25, 0.3) is 11.8 Å². The van der Waals surface area contributed by atoms with E-state index in [1.165, 1.54) is 10.7 Å². The Hall–Kier alpha value is -1.93. The molecule has 2 aliphatic heterocycles. The minimum absolute atomic E-state index is 0.0275. The third kappa shape index (κ3) is 4.01. The van der Waals surface area contributed by atoms with Gasteiger partial charge in [0.05, 0.1) is 12.6 Å². The second kappa shape index (κ2) is 6.10. The van der Waals surface area contributed by atoms with Crippen molar-refractivity contribution in [3.63, 3.8) is 0 Å². The molecular formula is C17H27N5O3. The molecule has 25 heavy (non-hydrogen) atoms. The van der Waals surface area contributed by atoms with E-state index in [1.54, 1.807) is 0 Å². The van der Waals surface area contributed by atoms with Crippen LogP contribution >= 0.6 is 0 Å². The van der Waals surface area contributed by atoms with Crippen molar-refractivity contribution in [3.8, 4) is 0 Å². The second-order valence-electron chi connectivity index (χ2n) is 8.43. The molecule has 2 aliphatic rings. The Morgan fingerprint density at radius 1 is 1.32 bits per heavy atom. The normalized spacial score (nSPS) is 25.6. The van der Waals surface area contributed by atoms with Gasteiger partial charge in [0.15, 0.2) is 5.69 Å². The van der Waals surface area contributed by atoms with Crippen LogP contribution in [-0.4, -0.2) is 56.5 Å². The lowest BCUT2D eigenvalue weighted by Gasteiger charge is -2.46. The third-order valence-corrected chi connectivity index (χ3v) is 4.65. The van der Waals surface area contributed by atoms with Crippen molar-refractivity contribution in [1.29, 1.82) is 0 Å². The predicted molar refractivity (Wildman–Crippen MR) is 92.3 cm³/mol. The molecule has 1 saturated heterocycles. The van der Waals surface area contributed by atoms with Crippen LogP contribution in [0.5, 0.6) is 0 Å². The van der Waals surface area contributed by atoms with Gasteiger partial charge in [-0.25, -0.2) is 0 Å². The van der Waals surface area contributed by atoms with E-state index in [0.29, 0.717) is 5.69 Å². The van der Waals surface area contributed by atoms with Crippen LogP contribution in [0.3, 0.4) is 0 Å². The fraction of sp³-hybridized carbons (Fsp3) is 0.706. The first-order valence-corrected chi connectivity index (χ1v) is 8.69. The van der Waals surface area contributed by atoms with E-state index in [0.717, 1.165) is 12.8 Å². The topological polar surface area (TPSA) is 108 Å². The Kier molecular flexibility index (Phi) is 4.36. The lowest BCUT2D eigenvalue weighted by Crippen LogP contribution is -2.62. The molecule has 8 nitrogen and oxygen atoms in total. The van der Waals surface area contributed by atoms with Crippen LogP contribution in [0, 0.1) is 0 Å². The van der Waals surface area contributed by atoms with E-state index >= 15 is 0 Å². The van der Waals surface area contributed by atoms with Crippen LogP contribution in [0.4, 0.5) is 0 Å². The summed E-state index contributed by atoms with van der Waals surface area (Å²) in [7, 11) is 0. The molecule has 3 rings (SSSR count). The van der Waals surface area contributed by atoms with Gasteiger partial charge in [0, 0.05) is 29.7 Å². The predicted octanol–water partition coefficient (Wildman–Crippen LogP) is 0.0264. The number of hydrogen-bond donors (Lipinski definition) is 4. The van der Waals surface area contributed by atoms with E-state index in [1.807, 2.05) is 0 Å². The molecule has 0 radical (unpaired) electrons. The molecule has 138 valence electrons. The van der Waals surface area contributed by atoms with Crippen LogP contribution in [0.25, 0.3) is 0 Å². The highest BCUT2D eigenvalue weighted by Crippen LogP contribution is 2.28. The van der Waals surface area contributed by atoms with Crippen molar-refractivity contribution in [2.45, 2.75) is 70.3 Å². The minimum atomic E-state index is -0.716. The maximum Gasteiger partial charge on any atom is 0.272 e. The van der Waals surface area contributed by atoms with Crippen molar-refractivity contribution in [2.75, 3.05) is 6.54 Å². The standard InChI is InChI=1S/C17H27N5O3/c1-16(2)6-10(7-17(3,4)21-16)19-14(24)12-5-13-15(25)18-8-11(23)9-22(13)20-12/h5,10-11,21,23H,6-9H2,1-4H3,(H,18,25)(H,19,24). The molecule has 8 heteroatoms. The first kappa shape index (κ1) is 17.9. The van der Waals surface area contributed by atoms with Crippen molar-refractivity contribution >= 4 is 11.8 Å². The summed E-state index contributed by atoms with van der Waals surface area (Å²) < 4.78 is 1.40. The van der Waals surface area contributed by atoms with E-state index in [-0.39, 0.29) is 47.7 Å². The van der Waals surface area contributed by atoms with Gasteiger partial charge < -0.3 is 21.1 Å². The van der Waals surface area contributed by atoms with Crippen molar-refractivity contribution < 1.29 is 14.7 Å². The van der Waals surface area contributed by atoms with Gasteiger partial charge in [0.2, 0.25) is 0 Å². The van der Waals surface area contributed by atoms with Crippen LogP contribution in [0.15, 0.2) is 6.07 Å². The number of aliphatic hydroxyl groups is 1. The molecular weight excluding hydrogens is 322 g/mol. The Morgan fingerprint density at radius 3 is 2.60 bits per heavy atom. The Balaban J connectivity index is 1.75. The Morgan fingerprint density at radius 2 is 1.96 bits per heavy atom. The van der Waals surface area contributed by atoms with Crippen molar-refractivity contribution in [2.24, 2.45) is 0 Å². The average Bonchev–Trinajstić information content (AvgIpc) is 2.80. The van der Waals surface area contributed by atoms with Crippen LogP contribution in [0.1, 0.15) is 61.5 Å². The number of aliphatic hydroxyl groups excluding tert-OH is 1. The number of nitrogens with one attached hydrogen (secondary N) is 3. The monoisotopic (exact) mass is 349 g/mol. The Bertz CT molecular complexity index is 678. The summed E-state index contributed by atoms with van der Waals surface area (Å²) in [5, 5.41) is 23.3. The van der Waals surface area contributed by atoms with Crippen LogP contribution in [0.2, 0.25) is 0 Å². The van der Waals surface area contributed by atoms with E-state index in [9.17, 15) is 14.7 Å². The van der Waals surface area contributed by atoms with Crippen molar-refractivity contribution in [1.82, 2.24) is 25.7 Å². The molecule has 0 spiro atoms. The molecule has 1 aromatic heterocycles. The molecule has 1 fully saturated rings. The molecule has 0 saturated carbocycles. The number of hydrogen-bond acceptors (Lipinski definition) is 5. The number of piperidine rings is 1. The molecule has 3 heterocycles. The molecule has 2 amide bonds. The number of amides is 2. The highest BCUT2D eigenvalue weighted by Gasteiger charge is 2.38. The minimum Gasteiger partial charge on any atom is -0.389 e. The summed E-state index contributed by atoms with van der Waals surface area (Å²) in [6.45, 7) is 8.86. The summed E-state index contributed by atoms with van der Waals surface area (Å²) in [5.41, 5.74) is 0.352. The van der Waals surface area contributed by atoms with Gasteiger partial charge in [0.1, 0.15) is 5.69 Å². The average molecular weight is 349 g/mol. The quantitative estimate of drug-likeness (QED) is 0.602. The van der Waals surface area contributed by atoms with E-state index in [4.69, 9.17) is 0 Å². The number of carbonyl (C=O) groups is 2. The van der Waals surface area contributed by atoms with Gasteiger partial charge in [-0.05, 0) is 40.5 Å². The van der Waals surface area contributed by atoms with Gasteiger partial charge in [-0.1, -0.05) is 0 Å². The summed E-state index contributed by atoms with van der Waals surface area (Å²) >= 11 is 0. The largest absolute Gasteiger partial charge is 0.389 e. The van der Waals surface area contributed by atoms with Gasteiger partial charge in [-0.3, -0.25) is 14.3 Å². The van der Waals surface area contributed by atoms with Crippen LogP contribution < -0.4 is 16.0 Å². The van der Waals surface area contributed by atoms with Crippen LogP contribution in [-0.2, 0) is 6.54 Å². The number of carbonyl (C=O) groups excluding carboxylic acids is 2. The molecule has 4 N–H and O–H groups in total. The molecule has 1 atom stereocenters. The molecule has 1 unspecified atom stereocenters. The lowest BCUT2D eigenvalue weighted by atomic mass is 9.79. The first-order chi connectivity index (χ1) is 11.5. The summed E-state index contributed by atoms with van der Waals surface area (Å²) in [4.78, 5) is 24.6.